The van der Waals surface area contributed by atoms with Crippen LogP contribution in [0.15, 0.2) is 17.5 Å². The number of thiophene rings is 1. The van der Waals surface area contributed by atoms with Crippen molar-refractivity contribution in [1.29, 1.82) is 0 Å². The Morgan fingerprint density at radius 2 is 2.23 bits per heavy atom. The largest absolute Gasteiger partial charge is 0.340 e. The zero-order valence-corrected chi connectivity index (χ0v) is 14.4. The number of carbonyl (C=O) groups is 1. The van der Waals surface area contributed by atoms with Crippen LogP contribution in [-0.4, -0.2) is 37.6 Å². The molecular formula is C15H24N2O3S2. The number of piperidine rings is 1. The Labute approximate surface area is 136 Å². The first kappa shape index (κ1) is 17.4. The van der Waals surface area contributed by atoms with Crippen LogP contribution < -0.4 is 5.14 Å². The number of rotatable bonds is 7. The van der Waals surface area contributed by atoms with Crippen molar-refractivity contribution in [3.63, 3.8) is 0 Å². The van der Waals surface area contributed by atoms with Gasteiger partial charge in [0.2, 0.25) is 15.9 Å². The lowest BCUT2D eigenvalue weighted by Crippen LogP contribution is -2.44. The minimum absolute atomic E-state index is 0.0690. The van der Waals surface area contributed by atoms with E-state index in [-0.39, 0.29) is 24.1 Å². The second kappa shape index (κ2) is 8.08. The number of hydrogen-bond donors (Lipinski definition) is 1. The molecule has 0 aliphatic carbocycles. The van der Waals surface area contributed by atoms with Gasteiger partial charge in [-0.05, 0) is 50.0 Å². The van der Waals surface area contributed by atoms with Gasteiger partial charge in [-0.2, -0.15) is 0 Å². The minimum Gasteiger partial charge on any atom is -0.340 e. The van der Waals surface area contributed by atoms with Crippen molar-refractivity contribution in [2.75, 3.05) is 12.3 Å². The third kappa shape index (κ3) is 5.70. The van der Waals surface area contributed by atoms with Crippen molar-refractivity contribution in [1.82, 2.24) is 4.90 Å². The maximum atomic E-state index is 12.3. The van der Waals surface area contributed by atoms with Crippen molar-refractivity contribution in [2.24, 2.45) is 5.14 Å². The average Bonchev–Trinajstić information content (AvgIpc) is 2.97. The standard InChI is InChI=1S/C15H24N2O3S2/c16-22(19,20)12-4-7-15(18)17-10-2-1-5-13(17)8-9-14-6-3-11-21-14/h3,6,11,13H,1-2,4-5,7-10,12H2,(H2,16,19,20). The molecule has 0 saturated carbocycles. The van der Waals surface area contributed by atoms with Gasteiger partial charge in [-0.25, -0.2) is 13.6 Å². The lowest BCUT2D eigenvalue weighted by atomic mass is 9.97. The summed E-state index contributed by atoms with van der Waals surface area (Å²) in [7, 11) is -3.47. The van der Waals surface area contributed by atoms with Crippen LogP contribution in [0.1, 0.15) is 43.4 Å². The molecule has 1 unspecified atom stereocenters. The SMILES string of the molecule is NS(=O)(=O)CCCC(=O)N1CCCCC1CCc1cccs1. The van der Waals surface area contributed by atoms with Crippen molar-refractivity contribution < 1.29 is 13.2 Å². The smallest absolute Gasteiger partial charge is 0.222 e. The molecule has 1 amide bonds. The molecule has 1 atom stereocenters. The van der Waals surface area contributed by atoms with Gasteiger partial charge in [0.1, 0.15) is 0 Å². The van der Waals surface area contributed by atoms with Gasteiger partial charge in [0, 0.05) is 23.9 Å². The summed E-state index contributed by atoms with van der Waals surface area (Å²) in [5.74, 6) is -0.0496. The van der Waals surface area contributed by atoms with Crippen LogP contribution in [0.5, 0.6) is 0 Å². The molecule has 0 spiro atoms. The van der Waals surface area contributed by atoms with Gasteiger partial charge in [-0.3, -0.25) is 4.79 Å². The molecule has 22 heavy (non-hydrogen) atoms. The summed E-state index contributed by atoms with van der Waals surface area (Å²) in [5.41, 5.74) is 0. The Kier molecular flexibility index (Phi) is 6.40. The molecular weight excluding hydrogens is 320 g/mol. The normalized spacial score (nSPS) is 19.3. The molecule has 0 aromatic carbocycles. The molecule has 1 aliphatic rings. The monoisotopic (exact) mass is 344 g/mol. The van der Waals surface area contributed by atoms with Gasteiger partial charge in [0.15, 0.2) is 0 Å². The van der Waals surface area contributed by atoms with Crippen molar-refractivity contribution in [2.45, 2.75) is 51.0 Å². The molecule has 1 saturated heterocycles. The van der Waals surface area contributed by atoms with Crippen LogP contribution in [0.25, 0.3) is 0 Å². The highest BCUT2D eigenvalue weighted by Gasteiger charge is 2.26. The lowest BCUT2D eigenvalue weighted by Gasteiger charge is -2.36. The van der Waals surface area contributed by atoms with E-state index >= 15 is 0 Å². The van der Waals surface area contributed by atoms with Gasteiger partial charge >= 0.3 is 0 Å². The van der Waals surface area contributed by atoms with Gasteiger partial charge in [-0.15, -0.1) is 11.3 Å². The summed E-state index contributed by atoms with van der Waals surface area (Å²) in [5, 5.41) is 7.05. The van der Waals surface area contributed by atoms with Crippen molar-refractivity contribution in [3.05, 3.63) is 22.4 Å². The van der Waals surface area contributed by atoms with Gasteiger partial charge in [0.05, 0.1) is 5.75 Å². The summed E-state index contributed by atoms with van der Waals surface area (Å²) >= 11 is 1.75. The molecule has 124 valence electrons. The van der Waals surface area contributed by atoms with E-state index in [0.29, 0.717) is 6.42 Å². The Balaban J connectivity index is 1.84. The molecule has 0 radical (unpaired) electrons. The van der Waals surface area contributed by atoms with Crippen molar-refractivity contribution >= 4 is 27.3 Å². The van der Waals surface area contributed by atoms with E-state index in [0.717, 1.165) is 38.6 Å². The fourth-order valence-corrected chi connectivity index (χ4v) is 4.23. The molecule has 5 nitrogen and oxygen atoms in total. The molecule has 2 N–H and O–H groups in total. The number of primary sulfonamides is 1. The van der Waals surface area contributed by atoms with E-state index in [9.17, 15) is 13.2 Å². The number of aryl methyl sites for hydroxylation is 1. The van der Waals surface area contributed by atoms with E-state index in [4.69, 9.17) is 5.14 Å². The first-order valence-electron chi connectivity index (χ1n) is 7.78. The summed E-state index contributed by atoms with van der Waals surface area (Å²) in [6.45, 7) is 0.795. The van der Waals surface area contributed by atoms with E-state index in [1.54, 1.807) is 11.3 Å². The minimum atomic E-state index is -3.47. The maximum absolute atomic E-state index is 12.3. The van der Waals surface area contributed by atoms with Crippen molar-refractivity contribution in [3.8, 4) is 0 Å². The predicted molar refractivity (Wildman–Crippen MR) is 89.2 cm³/mol. The second-order valence-electron chi connectivity index (χ2n) is 5.83. The van der Waals surface area contributed by atoms with E-state index < -0.39 is 10.0 Å². The lowest BCUT2D eigenvalue weighted by molar-refractivity contribution is -0.135. The highest BCUT2D eigenvalue weighted by molar-refractivity contribution is 7.89. The van der Waals surface area contributed by atoms with Gasteiger partial charge in [0.25, 0.3) is 0 Å². The molecule has 7 heteroatoms. The Morgan fingerprint density at radius 1 is 1.41 bits per heavy atom. The zero-order chi connectivity index (χ0) is 16.0. The van der Waals surface area contributed by atoms with E-state index in [1.807, 2.05) is 4.90 Å². The molecule has 1 fully saturated rings. The number of hydrogen-bond acceptors (Lipinski definition) is 4. The maximum Gasteiger partial charge on any atom is 0.222 e. The first-order chi connectivity index (χ1) is 10.5. The van der Waals surface area contributed by atoms with Crippen LogP contribution in [0, 0.1) is 0 Å². The number of sulfonamides is 1. The quantitative estimate of drug-likeness (QED) is 0.823. The second-order valence-corrected chi connectivity index (χ2v) is 8.59. The zero-order valence-electron chi connectivity index (χ0n) is 12.7. The number of likely N-dealkylation sites (tertiary alicyclic amines) is 1. The number of amides is 1. The molecule has 1 aliphatic heterocycles. The third-order valence-electron chi connectivity index (χ3n) is 4.07. The van der Waals surface area contributed by atoms with Crippen LogP contribution in [0.3, 0.4) is 0 Å². The number of nitrogens with zero attached hydrogens (tertiary/aromatic N) is 1. The van der Waals surface area contributed by atoms with E-state index in [2.05, 4.69) is 17.5 Å². The molecule has 2 heterocycles. The Morgan fingerprint density at radius 3 is 2.91 bits per heavy atom. The predicted octanol–water partition coefficient (Wildman–Crippen LogP) is 2.13. The topological polar surface area (TPSA) is 80.5 Å². The van der Waals surface area contributed by atoms with Gasteiger partial charge in [-0.1, -0.05) is 6.07 Å². The Hall–Kier alpha value is -0.920. The van der Waals surface area contributed by atoms with Crippen LogP contribution in [0.4, 0.5) is 0 Å². The molecule has 2 rings (SSSR count). The van der Waals surface area contributed by atoms with Crippen LogP contribution in [0.2, 0.25) is 0 Å². The highest BCUT2D eigenvalue weighted by atomic mass is 32.2. The van der Waals surface area contributed by atoms with Crippen LogP contribution >= 0.6 is 11.3 Å². The van der Waals surface area contributed by atoms with Gasteiger partial charge < -0.3 is 4.90 Å². The molecule has 1 aromatic heterocycles. The highest BCUT2D eigenvalue weighted by Crippen LogP contribution is 2.23. The molecule has 1 aromatic rings. The third-order valence-corrected chi connectivity index (χ3v) is 5.86. The summed E-state index contributed by atoms with van der Waals surface area (Å²) in [6.07, 6.45) is 5.82. The number of carbonyl (C=O) groups excluding carboxylic acids is 1. The molecule has 0 bridgehead atoms. The van der Waals surface area contributed by atoms with Crippen LogP contribution in [-0.2, 0) is 21.2 Å². The average molecular weight is 345 g/mol. The van der Waals surface area contributed by atoms with E-state index in [1.165, 1.54) is 4.88 Å². The number of nitrogens with two attached hydrogens (primary N) is 1. The fourth-order valence-electron chi connectivity index (χ4n) is 2.96. The summed E-state index contributed by atoms with van der Waals surface area (Å²) < 4.78 is 21.9. The Bertz CT molecular complexity index is 570. The fraction of sp³-hybridized carbons (Fsp3) is 0.667. The summed E-state index contributed by atoms with van der Waals surface area (Å²) in [4.78, 5) is 15.7. The first-order valence-corrected chi connectivity index (χ1v) is 10.4. The summed E-state index contributed by atoms with van der Waals surface area (Å²) in [6, 6.07) is 4.47.